The van der Waals surface area contributed by atoms with E-state index in [1.165, 1.54) is 39.7 Å². The van der Waals surface area contributed by atoms with Crippen molar-refractivity contribution in [2.45, 2.75) is 31.8 Å². The Balaban J connectivity index is 1.59. The summed E-state index contributed by atoms with van der Waals surface area (Å²) >= 11 is 5.32. The number of fused-ring (bicyclic) bond motifs is 1. The molecule has 1 nitrogen and oxygen atoms in total. The fourth-order valence-corrected chi connectivity index (χ4v) is 3.97. The maximum Gasteiger partial charge on any atom is 0.0302 e. The lowest BCUT2D eigenvalue weighted by Gasteiger charge is -2.25. The number of thiophene rings is 1. The molecule has 1 aliphatic carbocycles. The summed E-state index contributed by atoms with van der Waals surface area (Å²) in [6, 6.07) is 11.7. The van der Waals surface area contributed by atoms with Gasteiger partial charge in [-0.25, -0.2) is 0 Å². The van der Waals surface area contributed by atoms with E-state index in [9.17, 15) is 0 Å². The summed E-state index contributed by atoms with van der Waals surface area (Å²) in [6.07, 6.45) is 3.63. The topological polar surface area (TPSA) is 12.0 Å². The van der Waals surface area contributed by atoms with Gasteiger partial charge < -0.3 is 5.32 Å². The molecule has 1 N–H and O–H groups in total. The molecule has 0 saturated carbocycles. The van der Waals surface area contributed by atoms with Crippen molar-refractivity contribution in [3.8, 4) is 0 Å². The Morgan fingerprint density at radius 3 is 2.89 bits per heavy atom. The highest BCUT2D eigenvalue weighted by atomic mass is 79.9. The van der Waals surface area contributed by atoms with Crippen molar-refractivity contribution in [3.63, 3.8) is 0 Å². The van der Waals surface area contributed by atoms with E-state index in [4.69, 9.17) is 0 Å². The standard InChI is InChI=1S/C15H16BrNS/c16-13-8-15(18-10-13)9-17-14-6-5-11-3-1-2-4-12(11)7-14/h1-4,8,10,14,17H,5-7,9H2. The van der Waals surface area contributed by atoms with E-state index in [0.29, 0.717) is 6.04 Å². The second-order valence-corrected chi connectivity index (χ2v) is 6.73. The Morgan fingerprint density at radius 1 is 1.28 bits per heavy atom. The third-order valence-electron chi connectivity index (χ3n) is 3.53. The van der Waals surface area contributed by atoms with Crippen LogP contribution >= 0.6 is 27.3 Å². The quantitative estimate of drug-likeness (QED) is 0.895. The van der Waals surface area contributed by atoms with Crippen LogP contribution in [0.25, 0.3) is 0 Å². The molecule has 2 aromatic rings. The first-order valence-electron chi connectivity index (χ1n) is 6.34. The molecule has 3 heteroatoms. The van der Waals surface area contributed by atoms with Crippen molar-refractivity contribution < 1.29 is 0 Å². The van der Waals surface area contributed by atoms with Crippen LogP contribution in [0.1, 0.15) is 22.4 Å². The molecule has 1 aromatic heterocycles. The second kappa shape index (κ2) is 5.55. The molecule has 0 spiro atoms. The molecule has 94 valence electrons. The molecule has 1 aromatic carbocycles. The molecule has 0 bridgehead atoms. The molecule has 18 heavy (non-hydrogen) atoms. The van der Waals surface area contributed by atoms with Crippen LogP contribution in [0.5, 0.6) is 0 Å². The third kappa shape index (κ3) is 2.85. The van der Waals surface area contributed by atoms with Crippen molar-refractivity contribution in [2.24, 2.45) is 0 Å². The predicted molar refractivity (Wildman–Crippen MR) is 81.1 cm³/mol. The van der Waals surface area contributed by atoms with Gasteiger partial charge in [-0.2, -0.15) is 0 Å². The number of benzene rings is 1. The van der Waals surface area contributed by atoms with Gasteiger partial charge in [-0.1, -0.05) is 24.3 Å². The van der Waals surface area contributed by atoms with Crippen LogP contribution in [0, 0.1) is 0 Å². The molecular weight excluding hydrogens is 306 g/mol. The smallest absolute Gasteiger partial charge is 0.0302 e. The summed E-state index contributed by atoms with van der Waals surface area (Å²) in [6.45, 7) is 0.989. The number of aryl methyl sites for hydroxylation is 1. The monoisotopic (exact) mass is 321 g/mol. The summed E-state index contributed by atoms with van der Waals surface area (Å²) in [7, 11) is 0. The van der Waals surface area contributed by atoms with Crippen LogP contribution < -0.4 is 5.32 Å². The van der Waals surface area contributed by atoms with Gasteiger partial charge >= 0.3 is 0 Å². The highest BCUT2D eigenvalue weighted by Gasteiger charge is 2.17. The molecule has 1 aliphatic rings. The number of rotatable bonds is 3. The average molecular weight is 322 g/mol. The van der Waals surface area contributed by atoms with Crippen LogP contribution in [-0.4, -0.2) is 6.04 Å². The summed E-state index contributed by atoms with van der Waals surface area (Å²) in [5.74, 6) is 0. The lowest BCUT2D eigenvalue weighted by atomic mass is 9.88. The largest absolute Gasteiger partial charge is 0.309 e. The molecule has 0 aliphatic heterocycles. The molecule has 0 saturated heterocycles. The molecular formula is C15H16BrNS. The highest BCUT2D eigenvalue weighted by Crippen LogP contribution is 2.23. The predicted octanol–water partition coefficient (Wildman–Crippen LogP) is 4.16. The molecule has 0 fully saturated rings. The van der Waals surface area contributed by atoms with Gasteiger partial charge in [0.25, 0.3) is 0 Å². The van der Waals surface area contributed by atoms with E-state index >= 15 is 0 Å². The maximum atomic E-state index is 3.68. The Hall–Kier alpha value is -0.640. The molecule has 3 rings (SSSR count). The number of hydrogen-bond donors (Lipinski definition) is 1. The van der Waals surface area contributed by atoms with Crippen LogP contribution in [0.3, 0.4) is 0 Å². The van der Waals surface area contributed by atoms with Gasteiger partial charge in [-0.3, -0.25) is 0 Å². The van der Waals surface area contributed by atoms with Crippen LogP contribution in [0.2, 0.25) is 0 Å². The van der Waals surface area contributed by atoms with Crippen LogP contribution in [0.15, 0.2) is 40.2 Å². The van der Waals surface area contributed by atoms with Crippen LogP contribution in [-0.2, 0) is 19.4 Å². The third-order valence-corrected chi connectivity index (χ3v) is 5.23. The number of hydrogen-bond acceptors (Lipinski definition) is 2. The molecule has 1 atom stereocenters. The van der Waals surface area contributed by atoms with Crippen molar-refractivity contribution in [1.82, 2.24) is 5.32 Å². The Bertz CT molecular complexity index is 535. The molecule has 1 heterocycles. The zero-order valence-corrected chi connectivity index (χ0v) is 12.6. The molecule has 1 unspecified atom stereocenters. The second-order valence-electron chi connectivity index (χ2n) is 4.82. The minimum atomic E-state index is 0.626. The van der Waals surface area contributed by atoms with E-state index in [-0.39, 0.29) is 0 Å². The minimum absolute atomic E-state index is 0.626. The summed E-state index contributed by atoms with van der Waals surface area (Å²) in [5, 5.41) is 5.83. The van der Waals surface area contributed by atoms with Crippen molar-refractivity contribution in [1.29, 1.82) is 0 Å². The van der Waals surface area contributed by atoms with Crippen molar-refractivity contribution in [3.05, 3.63) is 56.2 Å². The fraction of sp³-hybridized carbons (Fsp3) is 0.333. The van der Waals surface area contributed by atoms with Gasteiger partial charge in [0, 0.05) is 27.3 Å². The van der Waals surface area contributed by atoms with E-state index in [1.807, 2.05) is 11.3 Å². The lowest BCUT2D eigenvalue weighted by molar-refractivity contribution is 0.459. The van der Waals surface area contributed by atoms with Crippen LogP contribution in [0.4, 0.5) is 0 Å². The van der Waals surface area contributed by atoms with Gasteiger partial charge in [-0.15, -0.1) is 11.3 Å². The van der Waals surface area contributed by atoms with Gasteiger partial charge in [-0.05, 0) is 52.4 Å². The number of nitrogens with one attached hydrogen (secondary N) is 1. The van der Waals surface area contributed by atoms with E-state index in [2.05, 4.69) is 57.0 Å². The lowest BCUT2D eigenvalue weighted by Crippen LogP contribution is -2.33. The van der Waals surface area contributed by atoms with E-state index in [0.717, 1.165) is 6.54 Å². The zero-order valence-electron chi connectivity index (χ0n) is 10.2. The number of halogens is 1. The zero-order chi connectivity index (χ0) is 12.4. The summed E-state index contributed by atoms with van der Waals surface area (Å²) < 4.78 is 1.19. The molecule has 0 amide bonds. The van der Waals surface area contributed by atoms with Gasteiger partial charge in [0.15, 0.2) is 0 Å². The van der Waals surface area contributed by atoms with E-state index in [1.54, 1.807) is 0 Å². The van der Waals surface area contributed by atoms with Gasteiger partial charge in [0.2, 0.25) is 0 Å². The SMILES string of the molecule is Brc1csc(CNC2CCc3ccccc3C2)c1. The van der Waals surface area contributed by atoms with Gasteiger partial charge in [0.1, 0.15) is 0 Å². The normalized spacial score (nSPS) is 18.6. The van der Waals surface area contributed by atoms with Crippen molar-refractivity contribution in [2.75, 3.05) is 0 Å². The average Bonchev–Trinajstić information content (AvgIpc) is 2.82. The summed E-state index contributed by atoms with van der Waals surface area (Å²) in [4.78, 5) is 1.40. The highest BCUT2D eigenvalue weighted by molar-refractivity contribution is 9.10. The first-order chi connectivity index (χ1) is 8.81. The van der Waals surface area contributed by atoms with Crippen molar-refractivity contribution >= 4 is 27.3 Å². The summed E-state index contributed by atoms with van der Waals surface area (Å²) in [5.41, 5.74) is 3.06. The molecule has 0 radical (unpaired) electrons. The Kier molecular flexibility index (Phi) is 3.83. The first-order valence-corrected chi connectivity index (χ1v) is 8.01. The van der Waals surface area contributed by atoms with E-state index < -0.39 is 0 Å². The fourth-order valence-electron chi connectivity index (χ4n) is 2.56. The first kappa shape index (κ1) is 12.4. The Labute approximate surface area is 120 Å². The minimum Gasteiger partial charge on any atom is -0.309 e. The Morgan fingerprint density at radius 2 is 2.11 bits per heavy atom. The van der Waals surface area contributed by atoms with Gasteiger partial charge in [0.05, 0.1) is 0 Å². The maximum absolute atomic E-state index is 3.68.